The predicted molar refractivity (Wildman–Crippen MR) is 138 cm³/mol. The molecule has 0 bridgehead atoms. The molecule has 1 fully saturated rings. The van der Waals surface area contributed by atoms with Crippen LogP contribution in [0.25, 0.3) is 0 Å². The molecule has 2 aliphatic rings. The number of likely N-dealkylation sites (tertiary alicyclic amines) is 1. The highest BCUT2D eigenvalue weighted by atomic mass is 16.5. The zero-order chi connectivity index (χ0) is 26.7. The van der Waals surface area contributed by atoms with Crippen molar-refractivity contribution >= 4 is 23.7 Å². The maximum Gasteiger partial charge on any atom is 0.325 e. The topological polar surface area (TPSA) is 126 Å². The molecular formula is C27H40N4O6. The first-order valence-corrected chi connectivity index (χ1v) is 13.3. The lowest BCUT2D eigenvalue weighted by Gasteiger charge is -2.40. The van der Waals surface area contributed by atoms with Crippen molar-refractivity contribution in [3.63, 3.8) is 0 Å². The summed E-state index contributed by atoms with van der Waals surface area (Å²) >= 11 is 0. The zero-order valence-electron chi connectivity index (χ0n) is 22.0. The quantitative estimate of drug-likeness (QED) is 0.507. The monoisotopic (exact) mass is 516 g/mol. The largest absolute Gasteiger partial charge is 0.492 e. The van der Waals surface area contributed by atoms with Gasteiger partial charge in [-0.3, -0.25) is 24.1 Å². The first kappa shape index (κ1) is 28.4. The molecule has 3 rings (SSSR count). The van der Waals surface area contributed by atoms with E-state index in [0.29, 0.717) is 63.4 Å². The SMILES string of the molecule is CCOC(=O)CNC(=O)CN1CCC2(CCCCNC(=O)c3cccc(C)c3OCCCNC2=O)CC1. The molecule has 1 saturated heterocycles. The minimum atomic E-state index is -0.498. The summed E-state index contributed by atoms with van der Waals surface area (Å²) < 4.78 is 10.8. The second-order valence-electron chi connectivity index (χ2n) is 9.76. The van der Waals surface area contributed by atoms with E-state index in [9.17, 15) is 19.2 Å². The number of fused-ring (bicyclic) bond motifs is 1. The highest BCUT2D eigenvalue weighted by Crippen LogP contribution is 2.37. The molecule has 2 aliphatic heterocycles. The van der Waals surface area contributed by atoms with Gasteiger partial charge in [-0.05, 0) is 70.7 Å². The summed E-state index contributed by atoms with van der Waals surface area (Å²) in [5.41, 5.74) is 0.943. The van der Waals surface area contributed by atoms with Crippen molar-refractivity contribution in [2.24, 2.45) is 5.41 Å². The Morgan fingerprint density at radius 1 is 1.08 bits per heavy atom. The molecule has 1 spiro atoms. The van der Waals surface area contributed by atoms with Crippen LogP contribution >= 0.6 is 0 Å². The lowest BCUT2D eigenvalue weighted by atomic mass is 9.73. The Kier molecular flexibility index (Phi) is 10.7. The van der Waals surface area contributed by atoms with Crippen molar-refractivity contribution in [1.82, 2.24) is 20.9 Å². The van der Waals surface area contributed by atoms with E-state index < -0.39 is 11.4 Å². The van der Waals surface area contributed by atoms with E-state index >= 15 is 0 Å². The van der Waals surface area contributed by atoms with Gasteiger partial charge in [-0.2, -0.15) is 0 Å². The average Bonchev–Trinajstić information content (AvgIpc) is 2.88. The first-order chi connectivity index (χ1) is 17.8. The molecule has 2 heterocycles. The number of carbonyl (C=O) groups excluding carboxylic acids is 4. The van der Waals surface area contributed by atoms with Crippen LogP contribution in [0, 0.1) is 12.3 Å². The van der Waals surface area contributed by atoms with Crippen LogP contribution in [-0.2, 0) is 19.1 Å². The van der Waals surface area contributed by atoms with Crippen LogP contribution in [0.3, 0.4) is 0 Å². The minimum Gasteiger partial charge on any atom is -0.492 e. The summed E-state index contributed by atoms with van der Waals surface area (Å²) in [7, 11) is 0. The minimum absolute atomic E-state index is 0.0504. The molecule has 37 heavy (non-hydrogen) atoms. The number of esters is 1. The Morgan fingerprint density at radius 2 is 1.84 bits per heavy atom. The van der Waals surface area contributed by atoms with Crippen molar-refractivity contribution in [3.8, 4) is 5.75 Å². The third-order valence-electron chi connectivity index (χ3n) is 7.07. The number of piperidine rings is 1. The Bertz CT molecular complexity index is 958. The van der Waals surface area contributed by atoms with Crippen molar-refractivity contribution in [3.05, 3.63) is 29.3 Å². The number of para-hydroxylation sites is 1. The highest BCUT2D eigenvalue weighted by molar-refractivity contribution is 5.97. The molecule has 3 amide bonds. The van der Waals surface area contributed by atoms with E-state index in [1.54, 1.807) is 13.0 Å². The fourth-order valence-corrected chi connectivity index (χ4v) is 4.92. The molecule has 1 aromatic rings. The molecule has 10 nitrogen and oxygen atoms in total. The van der Waals surface area contributed by atoms with Crippen LogP contribution < -0.4 is 20.7 Å². The molecule has 0 saturated carbocycles. The van der Waals surface area contributed by atoms with Crippen molar-refractivity contribution in [2.45, 2.75) is 52.4 Å². The number of amides is 3. The number of aryl methyl sites for hydroxylation is 1. The summed E-state index contributed by atoms with van der Waals surface area (Å²) in [6, 6.07) is 5.55. The van der Waals surface area contributed by atoms with Crippen LogP contribution in [-0.4, -0.2) is 81.1 Å². The second kappa shape index (κ2) is 14.0. The van der Waals surface area contributed by atoms with Gasteiger partial charge in [-0.1, -0.05) is 18.6 Å². The van der Waals surface area contributed by atoms with Gasteiger partial charge in [-0.15, -0.1) is 0 Å². The molecule has 0 radical (unpaired) electrons. The fraction of sp³-hybridized carbons (Fsp3) is 0.630. The van der Waals surface area contributed by atoms with Crippen LogP contribution in [0.2, 0.25) is 0 Å². The number of rotatable bonds is 5. The maximum atomic E-state index is 13.3. The van der Waals surface area contributed by atoms with Gasteiger partial charge in [0.05, 0.1) is 30.7 Å². The predicted octanol–water partition coefficient (Wildman–Crippen LogP) is 1.56. The smallest absolute Gasteiger partial charge is 0.325 e. The summed E-state index contributed by atoms with van der Waals surface area (Å²) in [5.74, 6) is -0.193. The van der Waals surface area contributed by atoms with Crippen LogP contribution in [0.1, 0.15) is 61.4 Å². The number of hydrogen-bond donors (Lipinski definition) is 3. The van der Waals surface area contributed by atoms with E-state index in [0.717, 1.165) is 24.8 Å². The van der Waals surface area contributed by atoms with E-state index in [-0.39, 0.29) is 37.4 Å². The van der Waals surface area contributed by atoms with Gasteiger partial charge in [0.25, 0.3) is 5.91 Å². The van der Waals surface area contributed by atoms with Gasteiger partial charge in [0, 0.05) is 13.1 Å². The summed E-state index contributed by atoms with van der Waals surface area (Å²) in [5, 5.41) is 8.69. The van der Waals surface area contributed by atoms with Crippen LogP contribution in [0.15, 0.2) is 18.2 Å². The number of benzene rings is 1. The van der Waals surface area contributed by atoms with Crippen molar-refractivity contribution < 1.29 is 28.7 Å². The highest BCUT2D eigenvalue weighted by Gasteiger charge is 2.40. The van der Waals surface area contributed by atoms with Crippen molar-refractivity contribution in [2.75, 3.05) is 52.5 Å². The molecule has 1 aromatic carbocycles. The van der Waals surface area contributed by atoms with Gasteiger partial charge < -0.3 is 25.4 Å². The van der Waals surface area contributed by atoms with Gasteiger partial charge in [0.15, 0.2) is 0 Å². The zero-order valence-corrected chi connectivity index (χ0v) is 22.0. The van der Waals surface area contributed by atoms with Gasteiger partial charge in [0.1, 0.15) is 12.3 Å². The third kappa shape index (κ3) is 8.18. The molecular weight excluding hydrogens is 476 g/mol. The Hall–Kier alpha value is -3.14. The van der Waals surface area contributed by atoms with Gasteiger partial charge in [-0.25, -0.2) is 0 Å². The van der Waals surface area contributed by atoms with Crippen LogP contribution in [0.4, 0.5) is 0 Å². The van der Waals surface area contributed by atoms with Crippen LogP contribution in [0.5, 0.6) is 5.75 Å². The number of carbonyl (C=O) groups is 4. The second-order valence-corrected chi connectivity index (χ2v) is 9.76. The Balaban J connectivity index is 1.56. The molecule has 0 unspecified atom stereocenters. The number of nitrogens with zero attached hydrogens (tertiary/aromatic N) is 1. The first-order valence-electron chi connectivity index (χ1n) is 13.3. The molecule has 10 heteroatoms. The number of ether oxygens (including phenoxy) is 2. The van der Waals surface area contributed by atoms with E-state index in [1.807, 2.05) is 24.0 Å². The van der Waals surface area contributed by atoms with Crippen molar-refractivity contribution in [1.29, 1.82) is 0 Å². The Morgan fingerprint density at radius 3 is 2.59 bits per heavy atom. The Labute approximate surface area is 218 Å². The van der Waals surface area contributed by atoms with E-state index in [1.165, 1.54) is 0 Å². The molecule has 0 atom stereocenters. The maximum absolute atomic E-state index is 13.3. The lowest BCUT2D eigenvalue weighted by molar-refractivity contribution is -0.143. The number of hydrogen-bond acceptors (Lipinski definition) is 7. The van der Waals surface area contributed by atoms with E-state index in [4.69, 9.17) is 9.47 Å². The molecule has 204 valence electrons. The van der Waals surface area contributed by atoms with E-state index in [2.05, 4.69) is 16.0 Å². The average molecular weight is 517 g/mol. The summed E-state index contributed by atoms with van der Waals surface area (Å²) in [6.45, 7) is 6.61. The molecule has 0 aliphatic carbocycles. The standard InChI is InChI=1S/C27H40N4O6/c1-3-36-23(33)18-30-22(32)19-31-15-11-27(12-16-31)10-4-5-13-28-25(34)21-9-6-8-20(2)24(21)37-17-7-14-29-26(27)35/h6,8-9H,3-5,7,10-19H2,1-2H3,(H,28,34)(H,29,35)(H,30,32). The fourth-order valence-electron chi connectivity index (χ4n) is 4.92. The van der Waals surface area contributed by atoms with Gasteiger partial charge >= 0.3 is 5.97 Å². The summed E-state index contributed by atoms with van der Waals surface area (Å²) in [6.07, 6.45) is 4.23. The lowest BCUT2D eigenvalue weighted by Crippen LogP contribution is -2.51. The van der Waals surface area contributed by atoms with Gasteiger partial charge in [0.2, 0.25) is 11.8 Å². The normalized spacial score (nSPS) is 19.3. The third-order valence-corrected chi connectivity index (χ3v) is 7.07. The number of nitrogens with one attached hydrogen (secondary N) is 3. The summed E-state index contributed by atoms with van der Waals surface area (Å²) in [4.78, 5) is 51.8. The molecule has 3 N–H and O–H groups in total. The molecule has 0 aromatic heterocycles.